The minimum atomic E-state index is 0.0180. The zero-order valence-corrected chi connectivity index (χ0v) is 20.9. The molecule has 8 heteroatoms. The van der Waals surface area contributed by atoms with E-state index < -0.39 is 0 Å². The molecule has 0 unspecified atom stereocenters. The first-order valence-corrected chi connectivity index (χ1v) is 12.0. The van der Waals surface area contributed by atoms with E-state index in [0.717, 1.165) is 39.7 Å². The van der Waals surface area contributed by atoms with Gasteiger partial charge in [0.1, 0.15) is 11.5 Å². The first-order valence-electron chi connectivity index (χ1n) is 12.0. The van der Waals surface area contributed by atoms with Gasteiger partial charge >= 0.3 is 0 Å². The van der Waals surface area contributed by atoms with Crippen LogP contribution in [0.15, 0.2) is 72.6 Å². The summed E-state index contributed by atoms with van der Waals surface area (Å²) in [4.78, 5) is 27.2. The number of aromatic amines is 1. The topological polar surface area (TPSA) is 98.3 Å². The summed E-state index contributed by atoms with van der Waals surface area (Å²) >= 11 is 0. The molecule has 36 heavy (non-hydrogen) atoms. The SMILES string of the molecule is C=CN/N=C\Cc1ccc(Nc2ccnc(-c3ccc4[nH]c(C(=O)N(CC)CC)c(C)c4c3)n2)cc1. The number of aromatic nitrogens is 3. The van der Waals surface area contributed by atoms with Crippen LogP contribution < -0.4 is 10.7 Å². The average molecular weight is 482 g/mol. The lowest BCUT2D eigenvalue weighted by Gasteiger charge is -2.18. The Labute approximate surface area is 211 Å². The summed E-state index contributed by atoms with van der Waals surface area (Å²) in [6, 6.07) is 15.9. The van der Waals surface area contributed by atoms with Gasteiger partial charge in [-0.3, -0.25) is 10.2 Å². The molecule has 0 saturated heterocycles. The summed E-state index contributed by atoms with van der Waals surface area (Å²) in [5.41, 5.74) is 8.15. The lowest BCUT2D eigenvalue weighted by atomic mass is 10.1. The number of fused-ring (bicyclic) bond motifs is 1. The average Bonchev–Trinajstić information content (AvgIpc) is 3.24. The highest BCUT2D eigenvalue weighted by molar-refractivity contribution is 6.01. The van der Waals surface area contributed by atoms with Gasteiger partial charge in [0, 0.05) is 60.3 Å². The van der Waals surface area contributed by atoms with E-state index >= 15 is 0 Å². The zero-order valence-electron chi connectivity index (χ0n) is 20.9. The standard InChI is InChI=1S/C28H31N7O/c1-5-30-31-17-14-20-8-11-22(12-9-20)32-25-15-16-29-27(34-25)21-10-13-24-23(18-21)19(4)26(33-24)28(36)35(6-2)7-3/h5,8-13,15-18,30,33H,1,6-7,14H2,2-4H3,(H,29,32,34)/b31-17-. The molecule has 4 rings (SSSR count). The molecule has 0 aliphatic carbocycles. The van der Waals surface area contributed by atoms with Crippen LogP contribution in [0.4, 0.5) is 11.5 Å². The number of anilines is 2. The second-order valence-electron chi connectivity index (χ2n) is 8.30. The van der Waals surface area contributed by atoms with E-state index in [0.29, 0.717) is 30.4 Å². The summed E-state index contributed by atoms with van der Waals surface area (Å²) in [5, 5.41) is 8.35. The van der Waals surface area contributed by atoms with Crippen LogP contribution in [0, 0.1) is 6.92 Å². The third-order valence-electron chi connectivity index (χ3n) is 6.05. The number of benzene rings is 2. The number of nitrogens with zero attached hydrogens (tertiary/aromatic N) is 4. The van der Waals surface area contributed by atoms with Crippen LogP contribution in [0.2, 0.25) is 0 Å². The molecule has 0 atom stereocenters. The van der Waals surface area contributed by atoms with Crippen molar-refractivity contribution in [2.24, 2.45) is 5.10 Å². The quantitative estimate of drug-likeness (QED) is 0.208. The number of H-pyrrole nitrogens is 1. The highest BCUT2D eigenvalue weighted by atomic mass is 16.2. The molecule has 8 nitrogen and oxygen atoms in total. The molecule has 184 valence electrons. The van der Waals surface area contributed by atoms with Crippen LogP contribution in [0.3, 0.4) is 0 Å². The number of carbonyl (C=O) groups excluding carboxylic acids is 1. The van der Waals surface area contributed by atoms with Gasteiger partial charge < -0.3 is 15.2 Å². The Balaban J connectivity index is 1.53. The third kappa shape index (κ3) is 5.43. The van der Waals surface area contributed by atoms with E-state index in [1.807, 2.05) is 74.2 Å². The number of carbonyl (C=O) groups is 1. The fraction of sp³-hybridized carbons (Fsp3) is 0.214. The van der Waals surface area contributed by atoms with Crippen LogP contribution >= 0.6 is 0 Å². The summed E-state index contributed by atoms with van der Waals surface area (Å²) in [7, 11) is 0. The molecular formula is C28H31N7O. The van der Waals surface area contributed by atoms with Crippen molar-refractivity contribution in [1.82, 2.24) is 25.3 Å². The second kappa shape index (κ2) is 11.3. The normalized spacial score (nSPS) is 11.1. The number of amides is 1. The molecule has 2 aromatic carbocycles. The molecular weight excluding hydrogens is 450 g/mol. The molecule has 0 fully saturated rings. The number of hydrazone groups is 1. The van der Waals surface area contributed by atoms with E-state index in [1.165, 1.54) is 6.20 Å². The maximum atomic E-state index is 12.9. The lowest BCUT2D eigenvalue weighted by Crippen LogP contribution is -2.31. The van der Waals surface area contributed by atoms with Gasteiger partial charge in [0.2, 0.25) is 0 Å². The fourth-order valence-electron chi connectivity index (χ4n) is 4.04. The van der Waals surface area contributed by atoms with E-state index in [-0.39, 0.29) is 5.91 Å². The van der Waals surface area contributed by atoms with Gasteiger partial charge in [0.25, 0.3) is 5.91 Å². The van der Waals surface area contributed by atoms with Crippen LogP contribution in [-0.4, -0.2) is 45.1 Å². The van der Waals surface area contributed by atoms with Crippen molar-refractivity contribution < 1.29 is 4.79 Å². The predicted octanol–water partition coefficient (Wildman–Crippen LogP) is 5.42. The van der Waals surface area contributed by atoms with Crippen molar-refractivity contribution in [1.29, 1.82) is 0 Å². The molecule has 1 amide bonds. The van der Waals surface area contributed by atoms with Gasteiger partial charge in [-0.1, -0.05) is 18.7 Å². The van der Waals surface area contributed by atoms with Crippen LogP contribution in [0.5, 0.6) is 0 Å². The number of nitrogens with one attached hydrogen (secondary N) is 3. The smallest absolute Gasteiger partial charge is 0.270 e. The Kier molecular flexibility index (Phi) is 7.75. The molecule has 0 aliphatic heterocycles. The first kappa shape index (κ1) is 24.7. The number of hydrogen-bond acceptors (Lipinski definition) is 6. The van der Waals surface area contributed by atoms with Gasteiger partial charge in [-0.25, -0.2) is 9.97 Å². The minimum Gasteiger partial charge on any atom is -0.350 e. The summed E-state index contributed by atoms with van der Waals surface area (Å²) in [6.45, 7) is 10.9. The maximum absolute atomic E-state index is 12.9. The molecule has 0 bridgehead atoms. The molecule has 4 aromatic rings. The first-order chi connectivity index (χ1) is 17.5. The van der Waals surface area contributed by atoms with E-state index in [2.05, 4.69) is 32.4 Å². The van der Waals surface area contributed by atoms with Gasteiger partial charge in [0.15, 0.2) is 5.82 Å². The molecule has 0 saturated carbocycles. The van der Waals surface area contributed by atoms with Crippen LogP contribution in [0.1, 0.15) is 35.5 Å². The van der Waals surface area contributed by atoms with Crippen molar-refractivity contribution in [3.05, 3.63) is 84.3 Å². The van der Waals surface area contributed by atoms with Crippen molar-refractivity contribution in [3.8, 4) is 11.4 Å². The summed E-state index contributed by atoms with van der Waals surface area (Å²) < 4.78 is 0. The van der Waals surface area contributed by atoms with Gasteiger partial charge in [-0.05, 0) is 68.3 Å². The molecule has 0 aliphatic rings. The Morgan fingerprint density at radius 2 is 1.92 bits per heavy atom. The monoisotopic (exact) mass is 481 g/mol. The number of rotatable bonds is 10. The largest absolute Gasteiger partial charge is 0.350 e. The van der Waals surface area contributed by atoms with E-state index in [1.54, 1.807) is 12.4 Å². The highest BCUT2D eigenvalue weighted by Gasteiger charge is 2.19. The molecule has 2 aromatic heterocycles. The fourth-order valence-corrected chi connectivity index (χ4v) is 4.04. The lowest BCUT2D eigenvalue weighted by molar-refractivity contribution is 0.0767. The Morgan fingerprint density at radius 3 is 2.64 bits per heavy atom. The van der Waals surface area contributed by atoms with E-state index in [4.69, 9.17) is 4.98 Å². The Hall–Kier alpha value is -4.46. The maximum Gasteiger partial charge on any atom is 0.270 e. The zero-order chi connectivity index (χ0) is 25.5. The van der Waals surface area contributed by atoms with E-state index in [9.17, 15) is 4.79 Å². The highest BCUT2D eigenvalue weighted by Crippen LogP contribution is 2.28. The van der Waals surface area contributed by atoms with Gasteiger partial charge in [-0.15, -0.1) is 0 Å². The number of aryl methyl sites for hydroxylation is 1. The third-order valence-corrected chi connectivity index (χ3v) is 6.05. The second-order valence-corrected chi connectivity index (χ2v) is 8.30. The molecule has 2 heterocycles. The van der Waals surface area contributed by atoms with Crippen LogP contribution in [0.25, 0.3) is 22.3 Å². The minimum absolute atomic E-state index is 0.0180. The Bertz CT molecular complexity index is 1390. The number of hydrogen-bond donors (Lipinski definition) is 3. The molecule has 0 radical (unpaired) electrons. The van der Waals surface area contributed by atoms with Gasteiger partial charge in [-0.2, -0.15) is 5.10 Å². The Morgan fingerprint density at radius 1 is 1.14 bits per heavy atom. The van der Waals surface area contributed by atoms with Crippen molar-refractivity contribution in [2.45, 2.75) is 27.2 Å². The van der Waals surface area contributed by atoms with Crippen molar-refractivity contribution >= 4 is 34.5 Å². The molecule has 3 N–H and O–H groups in total. The summed E-state index contributed by atoms with van der Waals surface area (Å²) in [5.74, 6) is 1.33. The summed E-state index contributed by atoms with van der Waals surface area (Å²) in [6.07, 6.45) is 5.79. The molecule has 0 spiro atoms. The van der Waals surface area contributed by atoms with Gasteiger partial charge in [0.05, 0.1) is 0 Å². The van der Waals surface area contributed by atoms with Crippen molar-refractivity contribution in [2.75, 3.05) is 18.4 Å². The van der Waals surface area contributed by atoms with Crippen molar-refractivity contribution in [3.63, 3.8) is 0 Å². The van der Waals surface area contributed by atoms with Crippen LogP contribution in [-0.2, 0) is 6.42 Å². The predicted molar refractivity (Wildman–Crippen MR) is 147 cm³/mol.